The molecule has 0 saturated carbocycles. The molecular formula is C13H8FNO. The maximum absolute atomic E-state index is 13.1. The number of rotatable bonds is 0. The summed E-state index contributed by atoms with van der Waals surface area (Å²) in [6.45, 7) is 0. The molecule has 0 amide bonds. The Labute approximate surface area is 90.3 Å². The quantitative estimate of drug-likeness (QED) is 0.572. The van der Waals surface area contributed by atoms with E-state index < -0.39 is 5.82 Å². The Balaban J connectivity index is 2.65. The Morgan fingerprint density at radius 3 is 2.62 bits per heavy atom. The number of nitrogens with one attached hydrogen (secondary N) is 1. The topological polar surface area (TPSA) is 32.9 Å². The van der Waals surface area contributed by atoms with Gasteiger partial charge in [0, 0.05) is 10.9 Å². The fourth-order valence-corrected chi connectivity index (χ4v) is 1.96. The summed E-state index contributed by atoms with van der Waals surface area (Å²) in [6, 6.07) is 11.8. The molecule has 0 aliphatic carbocycles. The highest BCUT2D eigenvalue weighted by atomic mass is 19.1. The first-order valence-electron chi connectivity index (χ1n) is 4.96. The first-order chi connectivity index (χ1) is 7.75. The summed E-state index contributed by atoms with van der Waals surface area (Å²) in [5, 5.41) is 2.09. The molecule has 3 rings (SSSR count). The second-order valence-electron chi connectivity index (χ2n) is 3.69. The molecule has 0 radical (unpaired) electrons. The summed E-state index contributed by atoms with van der Waals surface area (Å²) in [5.41, 5.74) is 0.514. The third-order valence-electron chi connectivity index (χ3n) is 2.69. The van der Waals surface area contributed by atoms with Crippen molar-refractivity contribution < 1.29 is 4.39 Å². The summed E-state index contributed by atoms with van der Waals surface area (Å²) in [6.07, 6.45) is 0. The fraction of sp³-hybridized carbons (Fsp3) is 0. The van der Waals surface area contributed by atoms with Crippen molar-refractivity contribution in [1.29, 1.82) is 0 Å². The van der Waals surface area contributed by atoms with Gasteiger partial charge in [0.1, 0.15) is 5.82 Å². The van der Waals surface area contributed by atoms with E-state index in [0.29, 0.717) is 5.39 Å². The van der Waals surface area contributed by atoms with Crippen molar-refractivity contribution in [3.8, 4) is 0 Å². The maximum atomic E-state index is 13.1. The van der Waals surface area contributed by atoms with Crippen molar-refractivity contribution in [1.82, 2.24) is 4.98 Å². The molecule has 1 aromatic heterocycles. The van der Waals surface area contributed by atoms with Gasteiger partial charge >= 0.3 is 0 Å². The number of pyridine rings is 1. The molecule has 0 bridgehead atoms. The zero-order chi connectivity index (χ0) is 11.1. The minimum Gasteiger partial charge on any atom is -0.321 e. The number of para-hydroxylation sites is 1. The number of hydrogen-bond acceptors (Lipinski definition) is 1. The Morgan fingerprint density at radius 1 is 0.938 bits per heavy atom. The molecule has 0 saturated heterocycles. The summed E-state index contributed by atoms with van der Waals surface area (Å²) in [7, 11) is 0. The van der Waals surface area contributed by atoms with Gasteiger partial charge in [-0.2, -0.15) is 0 Å². The van der Waals surface area contributed by atoms with Gasteiger partial charge in [0.2, 0.25) is 0 Å². The van der Waals surface area contributed by atoms with E-state index in [0.717, 1.165) is 16.3 Å². The van der Waals surface area contributed by atoms with Crippen LogP contribution in [0.25, 0.3) is 21.7 Å². The predicted octanol–water partition coefficient (Wildman–Crippen LogP) is 2.82. The molecule has 1 N–H and O–H groups in total. The highest BCUT2D eigenvalue weighted by Gasteiger charge is 2.04. The van der Waals surface area contributed by atoms with E-state index >= 15 is 0 Å². The van der Waals surface area contributed by atoms with Gasteiger partial charge in [-0.1, -0.05) is 24.3 Å². The van der Waals surface area contributed by atoms with Crippen molar-refractivity contribution in [3.63, 3.8) is 0 Å². The van der Waals surface area contributed by atoms with Gasteiger partial charge in [0.25, 0.3) is 5.56 Å². The van der Waals surface area contributed by atoms with Gasteiger partial charge < -0.3 is 4.98 Å². The molecule has 0 aliphatic heterocycles. The zero-order valence-corrected chi connectivity index (χ0v) is 8.33. The lowest BCUT2D eigenvalue weighted by atomic mass is 10.1. The average Bonchev–Trinajstić information content (AvgIpc) is 2.29. The number of aromatic nitrogens is 1. The number of aromatic amines is 1. The smallest absolute Gasteiger partial charge is 0.256 e. The van der Waals surface area contributed by atoms with Gasteiger partial charge in [0.05, 0.1) is 5.39 Å². The third-order valence-corrected chi connectivity index (χ3v) is 2.69. The van der Waals surface area contributed by atoms with Crippen molar-refractivity contribution in [2.75, 3.05) is 0 Å². The Morgan fingerprint density at radius 2 is 1.75 bits per heavy atom. The molecular weight excluding hydrogens is 205 g/mol. The molecule has 0 atom stereocenters. The van der Waals surface area contributed by atoms with Crippen molar-refractivity contribution in [2.45, 2.75) is 0 Å². The van der Waals surface area contributed by atoms with Crippen LogP contribution in [0.2, 0.25) is 0 Å². The van der Waals surface area contributed by atoms with E-state index in [9.17, 15) is 9.18 Å². The van der Waals surface area contributed by atoms with Gasteiger partial charge in [-0.3, -0.25) is 4.79 Å². The Bertz CT molecular complexity index is 746. The van der Waals surface area contributed by atoms with E-state index in [4.69, 9.17) is 0 Å². The van der Waals surface area contributed by atoms with Crippen LogP contribution in [0, 0.1) is 5.82 Å². The molecule has 2 nitrogen and oxygen atoms in total. The highest BCUT2D eigenvalue weighted by Crippen LogP contribution is 2.21. The molecule has 0 unspecified atom stereocenters. The SMILES string of the molecule is O=c1[nH]c2ccccc2c2ccc(F)cc12. The highest BCUT2D eigenvalue weighted by molar-refractivity contribution is 6.05. The van der Waals surface area contributed by atoms with Crippen LogP contribution in [-0.4, -0.2) is 4.98 Å². The summed E-state index contributed by atoms with van der Waals surface area (Å²) in [4.78, 5) is 14.5. The van der Waals surface area contributed by atoms with Crippen molar-refractivity contribution in [3.05, 3.63) is 58.6 Å². The number of fused-ring (bicyclic) bond motifs is 3. The van der Waals surface area contributed by atoms with E-state index in [2.05, 4.69) is 4.98 Å². The lowest BCUT2D eigenvalue weighted by Crippen LogP contribution is -2.06. The lowest BCUT2D eigenvalue weighted by molar-refractivity contribution is 0.629. The molecule has 16 heavy (non-hydrogen) atoms. The molecule has 0 spiro atoms. The molecule has 3 aromatic rings. The standard InChI is InChI=1S/C13H8FNO/c14-8-5-6-9-10-3-1-2-4-12(10)15-13(16)11(9)7-8/h1-7H,(H,15,16). The average molecular weight is 213 g/mol. The van der Waals surface area contributed by atoms with E-state index in [1.807, 2.05) is 24.3 Å². The molecule has 1 heterocycles. The molecule has 2 aromatic carbocycles. The van der Waals surface area contributed by atoms with Gasteiger partial charge in [0.15, 0.2) is 0 Å². The maximum Gasteiger partial charge on any atom is 0.256 e. The number of benzene rings is 2. The normalized spacial score (nSPS) is 11.1. The number of hydrogen-bond donors (Lipinski definition) is 1. The predicted molar refractivity (Wildman–Crippen MR) is 62.0 cm³/mol. The van der Waals surface area contributed by atoms with Gasteiger partial charge in [-0.05, 0) is 23.6 Å². The first kappa shape index (κ1) is 9.09. The van der Waals surface area contributed by atoms with E-state index in [1.54, 1.807) is 6.07 Å². The van der Waals surface area contributed by atoms with Crippen LogP contribution in [0.3, 0.4) is 0 Å². The summed E-state index contributed by atoms with van der Waals surface area (Å²) in [5.74, 6) is -0.395. The Hall–Kier alpha value is -2.16. The van der Waals surface area contributed by atoms with Crippen molar-refractivity contribution in [2.24, 2.45) is 0 Å². The van der Waals surface area contributed by atoms with Gasteiger partial charge in [-0.25, -0.2) is 4.39 Å². The molecule has 78 valence electrons. The minimum absolute atomic E-state index is 0.256. The van der Waals surface area contributed by atoms with Crippen LogP contribution in [0.4, 0.5) is 4.39 Å². The monoisotopic (exact) mass is 213 g/mol. The number of H-pyrrole nitrogens is 1. The second kappa shape index (κ2) is 3.17. The minimum atomic E-state index is -0.395. The van der Waals surface area contributed by atoms with Crippen LogP contribution in [0.1, 0.15) is 0 Å². The summed E-state index contributed by atoms with van der Waals surface area (Å²) < 4.78 is 13.1. The van der Waals surface area contributed by atoms with Crippen molar-refractivity contribution >= 4 is 21.7 Å². The van der Waals surface area contributed by atoms with Crippen LogP contribution >= 0.6 is 0 Å². The number of halogens is 1. The van der Waals surface area contributed by atoms with Crippen LogP contribution < -0.4 is 5.56 Å². The van der Waals surface area contributed by atoms with Crippen LogP contribution in [0.5, 0.6) is 0 Å². The van der Waals surface area contributed by atoms with Crippen LogP contribution in [-0.2, 0) is 0 Å². The summed E-state index contributed by atoms with van der Waals surface area (Å²) >= 11 is 0. The molecule has 0 aliphatic rings. The van der Waals surface area contributed by atoms with Gasteiger partial charge in [-0.15, -0.1) is 0 Å². The fourth-order valence-electron chi connectivity index (χ4n) is 1.96. The first-order valence-corrected chi connectivity index (χ1v) is 4.96. The van der Waals surface area contributed by atoms with Crippen LogP contribution in [0.15, 0.2) is 47.3 Å². The largest absolute Gasteiger partial charge is 0.321 e. The zero-order valence-electron chi connectivity index (χ0n) is 8.33. The molecule has 0 fully saturated rings. The van der Waals surface area contributed by atoms with E-state index in [1.165, 1.54) is 12.1 Å². The Kier molecular flexibility index (Phi) is 1.80. The second-order valence-corrected chi connectivity index (χ2v) is 3.69. The third kappa shape index (κ3) is 1.21. The molecule has 3 heteroatoms. The lowest BCUT2D eigenvalue weighted by Gasteiger charge is -2.02. The van der Waals surface area contributed by atoms with E-state index in [-0.39, 0.29) is 5.56 Å².